The van der Waals surface area contributed by atoms with Gasteiger partial charge in [0.1, 0.15) is 5.69 Å². The first kappa shape index (κ1) is 15.7. The number of imidazole rings is 1. The number of aromatic amines is 1. The van der Waals surface area contributed by atoms with E-state index in [1.165, 1.54) is 18.1 Å². The summed E-state index contributed by atoms with van der Waals surface area (Å²) in [6, 6.07) is 8.15. The van der Waals surface area contributed by atoms with Crippen molar-refractivity contribution in [3.63, 3.8) is 0 Å². The lowest BCUT2D eigenvalue weighted by molar-refractivity contribution is 0.0790. The van der Waals surface area contributed by atoms with Gasteiger partial charge in [-0.15, -0.1) is 0 Å². The number of hydrogen-bond acceptors (Lipinski definition) is 4. The van der Waals surface area contributed by atoms with Crippen molar-refractivity contribution in [2.45, 2.75) is 32.0 Å². The lowest BCUT2D eigenvalue weighted by atomic mass is 10.0. The van der Waals surface area contributed by atoms with Crippen LogP contribution in [0.15, 0.2) is 36.8 Å². The summed E-state index contributed by atoms with van der Waals surface area (Å²) in [5.41, 5.74) is 2.80. The van der Waals surface area contributed by atoms with Crippen LogP contribution in [0.2, 0.25) is 0 Å². The van der Waals surface area contributed by atoms with Crippen molar-refractivity contribution < 1.29 is 9.90 Å². The van der Waals surface area contributed by atoms with Crippen LogP contribution >= 0.6 is 0 Å². The molecule has 1 amide bonds. The van der Waals surface area contributed by atoms with E-state index in [0.717, 1.165) is 38.0 Å². The van der Waals surface area contributed by atoms with E-state index >= 15 is 0 Å². The van der Waals surface area contributed by atoms with E-state index in [-0.39, 0.29) is 12.0 Å². The number of hydrogen-bond donors (Lipinski definition) is 3. The summed E-state index contributed by atoms with van der Waals surface area (Å²) in [7, 11) is 0. The molecule has 122 valence electrons. The number of nitrogens with one attached hydrogen (secondary N) is 2. The molecule has 0 radical (unpaired) electrons. The minimum atomic E-state index is -0.157. The van der Waals surface area contributed by atoms with Crippen molar-refractivity contribution in [1.29, 1.82) is 0 Å². The van der Waals surface area contributed by atoms with E-state index in [0.29, 0.717) is 12.2 Å². The molecule has 1 fully saturated rings. The highest BCUT2D eigenvalue weighted by Gasteiger charge is 2.18. The van der Waals surface area contributed by atoms with Crippen molar-refractivity contribution in [2.75, 3.05) is 13.1 Å². The molecule has 0 atom stereocenters. The first-order valence-corrected chi connectivity index (χ1v) is 7.96. The minimum Gasteiger partial charge on any atom is -0.393 e. The summed E-state index contributed by atoms with van der Waals surface area (Å²) < 4.78 is 0. The Hall–Kier alpha value is -2.18. The topological polar surface area (TPSA) is 81.2 Å². The number of carbonyl (C=O) groups is 1. The third-order valence-corrected chi connectivity index (χ3v) is 4.25. The number of aromatic nitrogens is 2. The van der Waals surface area contributed by atoms with E-state index in [2.05, 4.69) is 26.3 Å². The molecule has 0 saturated carbocycles. The zero-order chi connectivity index (χ0) is 16.1. The largest absolute Gasteiger partial charge is 0.393 e. The van der Waals surface area contributed by atoms with Crippen LogP contribution in [0, 0.1) is 0 Å². The molecule has 1 aromatic heterocycles. The minimum absolute atomic E-state index is 0.154. The van der Waals surface area contributed by atoms with Gasteiger partial charge >= 0.3 is 0 Å². The first-order valence-electron chi connectivity index (χ1n) is 7.96. The zero-order valence-electron chi connectivity index (χ0n) is 13.0. The highest BCUT2D eigenvalue weighted by molar-refractivity contribution is 5.91. The number of benzene rings is 1. The predicted octanol–water partition coefficient (Wildman–Crippen LogP) is 1.30. The van der Waals surface area contributed by atoms with E-state index in [4.69, 9.17) is 0 Å². The summed E-state index contributed by atoms with van der Waals surface area (Å²) in [5, 5.41) is 12.5. The molecule has 0 aliphatic carbocycles. The van der Waals surface area contributed by atoms with Gasteiger partial charge in [0.05, 0.1) is 18.6 Å². The van der Waals surface area contributed by atoms with Crippen LogP contribution in [-0.2, 0) is 13.1 Å². The smallest absolute Gasteiger partial charge is 0.269 e. The summed E-state index contributed by atoms with van der Waals surface area (Å²) in [6.07, 6.45) is 4.51. The van der Waals surface area contributed by atoms with Crippen molar-refractivity contribution in [3.8, 4) is 0 Å². The Kier molecular flexibility index (Phi) is 5.05. The second kappa shape index (κ2) is 7.39. The number of rotatable bonds is 5. The highest BCUT2D eigenvalue weighted by atomic mass is 16.3. The third kappa shape index (κ3) is 4.18. The molecule has 0 bridgehead atoms. The number of amides is 1. The molecule has 1 aromatic carbocycles. The second-order valence-corrected chi connectivity index (χ2v) is 5.92. The molecule has 1 aliphatic rings. The Labute approximate surface area is 135 Å². The summed E-state index contributed by atoms with van der Waals surface area (Å²) in [6.45, 7) is 3.17. The fourth-order valence-corrected chi connectivity index (χ4v) is 2.85. The quantitative estimate of drug-likeness (QED) is 0.777. The van der Waals surface area contributed by atoms with E-state index in [1.54, 1.807) is 0 Å². The first-order chi connectivity index (χ1) is 11.2. The SMILES string of the molecule is O=C(NCc1ccccc1CN1CCC(O)CC1)c1cnc[nH]1. The van der Waals surface area contributed by atoms with Crippen LogP contribution in [0.4, 0.5) is 0 Å². The van der Waals surface area contributed by atoms with Crippen molar-refractivity contribution >= 4 is 5.91 Å². The van der Waals surface area contributed by atoms with Gasteiger partial charge in [0.15, 0.2) is 0 Å². The Bertz CT molecular complexity index is 634. The Morgan fingerprint density at radius 2 is 2.04 bits per heavy atom. The van der Waals surface area contributed by atoms with Crippen LogP contribution in [0.5, 0.6) is 0 Å². The fraction of sp³-hybridized carbons (Fsp3) is 0.412. The van der Waals surface area contributed by atoms with Gasteiger partial charge in [-0.05, 0) is 24.0 Å². The van der Waals surface area contributed by atoms with Gasteiger partial charge in [-0.2, -0.15) is 0 Å². The van der Waals surface area contributed by atoms with Gasteiger partial charge in [0, 0.05) is 26.2 Å². The average molecular weight is 314 g/mol. The molecular formula is C17H22N4O2. The molecule has 3 rings (SSSR count). The third-order valence-electron chi connectivity index (χ3n) is 4.25. The maximum absolute atomic E-state index is 12.0. The van der Waals surface area contributed by atoms with Gasteiger partial charge in [0.25, 0.3) is 5.91 Å². The molecule has 2 aromatic rings. The number of likely N-dealkylation sites (tertiary alicyclic amines) is 1. The lowest BCUT2D eigenvalue weighted by Gasteiger charge is -2.30. The monoisotopic (exact) mass is 314 g/mol. The van der Waals surface area contributed by atoms with Crippen molar-refractivity contribution in [1.82, 2.24) is 20.2 Å². The molecule has 0 unspecified atom stereocenters. The van der Waals surface area contributed by atoms with Gasteiger partial charge in [0.2, 0.25) is 0 Å². The van der Waals surface area contributed by atoms with Gasteiger partial charge in [-0.25, -0.2) is 4.98 Å². The molecule has 1 saturated heterocycles. The number of H-pyrrole nitrogens is 1. The lowest BCUT2D eigenvalue weighted by Crippen LogP contribution is -2.35. The van der Waals surface area contributed by atoms with Crippen molar-refractivity contribution in [3.05, 3.63) is 53.6 Å². The number of aliphatic hydroxyl groups is 1. The summed E-state index contributed by atoms with van der Waals surface area (Å²) >= 11 is 0. The second-order valence-electron chi connectivity index (χ2n) is 5.92. The Morgan fingerprint density at radius 1 is 1.30 bits per heavy atom. The Morgan fingerprint density at radius 3 is 2.74 bits per heavy atom. The average Bonchev–Trinajstić information content (AvgIpc) is 3.10. The Balaban J connectivity index is 1.60. The number of aliphatic hydroxyl groups excluding tert-OH is 1. The molecule has 1 aliphatic heterocycles. The molecule has 0 spiro atoms. The van der Waals surface area contributed by atoms with Gasteiger partial charge in [-0.3, -0.25) is 9.69 Å². The maximum atomic E-state index is 12.0. The number of nitrogens with zero attached hydrogens (tertiary/aromatic N) is 2. The standard InChI is InChI=1S/C17H22N4O2/c22-15-5-7-21(8-6-15)11-14-4-2-1-3-13(14)9-19-17(23)16-10-18-12-20-16/h1-4,10,12,15,22H,5-9,11H2,(H,18,20)(H,19,23). The predicted molar refractivity (Wildman–Crippen MR) is 86.7 cm³/mol. The normalized spacial score (nSPS) is 16.4. The van der Waals surface area contributed by atoms with Crippen LogP contribution in [0.1, 0.15) is 34.5 Å². The fourth-order valence-electron chi connectivity index (χ4n) is 2.85. The van der Waals surface area contributed by atoms with Gasteiger partial charge < -0.3 is 15.4 Å². The number of piperidine rings is 1. The highest BCUT2D eigenvalue weighted by Crippen LogP contribution is 2.16. The maximum Gasteiger partial charge on any atom is 0.269 e. The molecule has 6 heteroatoms. The zero-order valence-corrected chi connectivity index (χ0v) is 13.0. The van der Waals surface area contributed by atoms with Gasteiger partial charge in [-0.1, -0.05) is 24.3 Å². The number of carbonyl (C=O) groups excluding carboxylic acids is 1. The molecule has 6 nitrogen and oxygen atoms in total. The van der Waals surface area contributed by atoms with E-state index in [1.807, 2.05) is 18.2 Å². The summed E-state index contributed by atoms with van der Waals surface area (Å²) in [5.74, 6) is -0.154. The van der Waals surface area contributed by atoms with Crippen molar-refractivity contribution in [2.24, 2.45) is 0 Å². The molecule has 2 heterocycles. The molecular weight excluding hydrogens is 292 g/mol. The van der Waals surface area contributed by atoms with Crippen LogP contribution in [0.3, 0.4) is 0 Å². The van der Waals surface area contributed by atoms with Crippen LogP contribution in [0.25, 0.3) is 0 Å². The summed E-state index contributed by atoms with van der Waals surface area (Å²) in [4.78, 5) is 21.0. The van der Waals surface area contributed by atoms with Crippen LogP contribution < -0.4 is 5.32 Å². The van der Waals surface area contributed by atoms with E-state index in [9.17, 15) is 9.90 Å². The molecule has 23 heavy (non-hydrogen) atoms. The van der Waals surface area contributed by atoms with Crippen LogP contribution in [-0.4, -0.2) is 45.1 Å². The molecule has 3 N–H and O–H groups in total. The van der Waals surface area contributed by atoms with E-state index < -0.39 is 0 Å².